The average Bonchev–Trinajstić information content (AvgIpc) is 2.54. The van der Waals surface area contributed by atoms with E-state index in [2.05, 4.69) is 26.6 Å². The van der Waals surface area contributed by atoms with Gasteiger partial charge in [-0.2, -0.15) is 0 Å². The number of aromatic nitrogens is 1. The van der Waals surface area contributed by atoms with Crippen molar-refractivity contribution in [2.24, 2.45) is 7.05 Å². The number of rotatable bonds is 3. The maximum atomic E-state index is 10.7. The van der Waals surface area contributed by atoms with E-state index in [9.17, 15) is 4.79 Å². The van der Waals surface area contributed by atoms with Crippen molar-refractivity contribution in [1.82, 2.24) is 4.57 Å². The highest BCUT2D eigenvalue weighted by atomic mass is 79.9. The summed E-state index contributed by atoms with van der Waals surface area (Å²) in [6.45, 7) is 1.94. The van der Waals surface area contributed by atoms with Crippen LogP contribution in [0.15, 0.2) is 28.7 Å². The van der Waals surface area contributed by atoms with Crippen molar-refractivity contribution in [3.05, 3.63) is 34.4 Å². The Morgan fingerprint density at radius 3 is 2.82 bits per heavy atom. The molecule has 4 heteroatoms. The van der Waals surface area contributed by atoms with Gasteiger partial charge < -0.3 is 9.67 Å². The maximum absolute atomic E-state index is 10.7. The van der Waals surface area contributed by atoms with Crippen LogP contribution >= 0.6 is 15.9 Å². The lowest BCUT2D eigenvalue weighted by molar-refractivity contribution is -0.137. The normalized spacial score (nSPS) is 12.9. The Morgan fingerprint density at radius 1 is 1.47 bits per heavy atom. The van der Waals surface area contributed by atoms with Crippen LogP contribution in [-0.4, -0.2) is 15.6 Å². The minimum absolute atomic E-state index is 0.0173. The SMILES string of the molecule is CC(CC(=O)O)c1cc2cc(Br)ccc2n1C. The minimum atomic E-state index is -0.760. The van der Waals surface area contributed by atoms with Gasteiger partial charge in [0.2, 0.25) is 0 Å². The molecule has 1 N–H and O–H groups in total. The van der Waals surface area contributed by atoms with Crippen molar-refractivity contribution in [1.29, 1.82) is 0 Å². The summed E-state index contributed by atoms with van der Waals surface area (Å²) in [6.07, 6.45) is 0.158. The number of fused-ring (bicyclic) bond motifs is 1. The molecular weight excluding hydrogens is 282 g/mol. The first-order valence-corrected chi connectivity index (χ1v) is 6.25. The molecule has 0 fully saturated rings. The second kappa shape index (κ2) is 4.53. The predicted molar refractivity (Wildman–Crippen MR) is 71.3 cm³/mol. The van der Waals surface area contributed by atoms with Gasteiger partial charge in [-0.25, -0.2) is 0 Å². The fraction of sp³-hybridized carbons (Fsp3) is 0.308. The molecule has 0 bridgehead atoms. The standard InChI is InChI=1S/C13H14BrNO2/c1-8(5-13(16)17)12-7-9-6-10(14)3-4-11(9)15(12)2/h3-4,6-8H,5H2,1-2H3,(H,16,17). The molecule has 17 heavy (non-hydrogen) atoms. The van der Waals surface area contributed by atoms with Crippen LogP contribution in [0.2, 0.25) is 0 Å². The first kappa shape index (κ1) is 12.2. The summed E-state index contributed by atoms with van der Waals surface area (Å²) in [5.74, 6) is -0.743. The number of benzene rings is 1. The first-order valence-electron chi connectivity index (χ1n) is 5.45. The number of carbonyl (C=O) groups is 1. The quantitative estimate of drug-likeness (QED) is 0.941. The van der Waals surface area contributed by atoms with Crippen LogP contribution in [0.1, 0.15) is 25.0 Å². The molecule has 0 radical (unpaired) electrons. The van der Waals surface area contributed by atoms with Crippen molar-refractivity contribution in [2.75, 3.05) is 0 Å². The lowest BCUT2D eigenvalue weighted by Gasteiger charge is -2.10. The Labute approximate surface area is 108 Å². The highest BCUT2D eigenvalue weighted by Gasteiger charge is 2.15. The molecule has 1 aromatic heterocycles. The molecule has 2 aromatic rings. The summed E-state index contributed by atoms with van der Waals surface area (Å²) in [5.41, 5.74) is 2.18. The van der Waals surface area contributed by atoms with E-state index in [-0.39, 0.29) is 12.3 Å². The van der Waals surface area contributed by atoms with E-state index in [1.54, 1.807) is 0 Å². The molecule has 0 aliphatic heterocycles. The summed E-state index contributed by atoms with van der Waals surface area (Å²) in [7, 11) is 1.98. The lowest BCUT2D eigenvalue weighted by Crippen LogP contribution is -2.06. The van der Waals surface area contributed by atoms with Gasteiger partial charge in [0.1, 0.15) is 0 Å². The van der Waals surface area contributed by atoms with Crippen LogP contribution in [0, 0.1) is 0 Å². The lowest BCUT2D eigenvalue weighted by atomic mass is 10.0. The molecule has 1 unspecified atom stereocenters. The molecule has 1 atom stereocenters. The van der Waals surface area contributed by atoms with Gasteiger partial charge in [-0.1, -0.05) is 22.9 Å². The van der Waals surface area contributed by atoms with Crippen LogP contribution in [0.3, 0.4) is 0 Å². The van der Waals surface area contributed by atoms with Crippen molar-refractivity contribution in [3.63, 3.8) is 0 Å². The molecule has 0 aliphatic rings. The number of nitrogens with zero attached hydrogens (tertiary/aromatic N) is 1. The van der Waals surface area contributed by atoms with Gasteiger partial charge in [-0.05, 0) is 24.3 Å². The summed E-state index contributed by atoms with van der Waals surface area (Å²) < 4.78 is 3.10. The molecule has 0 amide bonds. The number of hydrogen-bond acceptors (Lipinski definition) is 1. The Balaban J connectivity index is 2.48. The molecule has 0 saturated carbocycles. The van der Waals surface area contributed by atoms with Crippen molar-refractivity contribution in [2.45, 2.75) is 19.3 Å². The minimum Gasteiger partial charge on any atom is -0.481 e. The van der Waals surface area contributed by atoms with Gasteiger partial charge in [-0.3, -0.25) is 4.79 Å². The topological polar surface area (TPSA) is 42.2 Å². The van der Waals surface area contributed by atoms with Crippen LogP contribution in [-0.2, 0) is 11.8 Å². The Hall–Kier alpha value is -1.29. The molecular formula is C13H14BrNO2. The highest BCUT2D eigenvalue weighted by molar-refractivity contribution is 9.10. The summed E-state index contributed by atoms with van der Waals surface area (Å²) in [4.78, 5) is 10.7. The number of carboxylic acid groups (broad SMARTS) is 1. The first-order chi connectivity index (χ1) is 7.99. The van der Waals surface area contributed by atoms with Crippen molar-refractivity contribution in [3.8, 4) is 0 Å². The fourth-order valence-corrected chi connectivity index (χ4v) is 2.56. The molecule has 0 spiro atoms. The largest absolute Gasteiger partial charge is 0.481 e. The molecule has 0 aliphatic carbocycles. The van der Waals surface area contributed by atoms with E-state index in [0.29, 0.717) is 0 Å². The van der Waals surface area contributed by atoms with E-state index >= 15 is 0 Å². The van der Waals surface area contributed by atoms with E-state index in [0.717, 1.165) is 21.1 Å². The number of aliphatic carboxylic acids is 1. The summed E-state index contributed by atoms with van der Waals surface area (Å²) in [6, 6.07) is 8.14. The van der Waals surface area contributed by atoms with Gasteiger partial charge in [-0.15, -0.1) is 0 Å². The Kier molecular flexibility index (Phi) is 3.24. The zero-order chi connectivity index (χ0) is 12.6. The fourth-order valence-electron chi connectivity index (χ4n) is 2.18. The maximum Gasteiger partial charge on any atom is 0.304 e. The number of hydrogen-bond donors (Lipinski definition) is 1. The Morgan fingerprint density at radius 2 is 2.18 bits per heavy atom. The number of carboxylic acids is 1. The van der Waals surface area contributed by atoms with Gasteiger partial charge in [0.05, 0.1) is 6.42 Å². The third-order valence-corrected chi connectivity index (χ3v) is 3.52. The van der Waals surface area contributed by atoms with Gasteiger partial charge in [0.15, 0.2) is 0 Å². The second-order valence-corrected chi connectivity index (χ2v) is 5.25. The van der Waals surface area contributed by atoms with E-state index in [1.165, 1.54) is 0 Å². The zero-order valence-corrected chi connectivity index (χ0v) is 11.4. The molecule has 90 valence electrons. The molecule has 1 heterocycles. The van der Waals surface area contributed by atoms with E-state index in [4.69, 9.17) is 5.11 Å². The molecule has 2 rings (SSSR count). The molecule has 1 aromatic carbocycles. The Bertz CT molecular complexity index is 574. The van der Waals surface area contributed by atoms with Crippen molar-refractivity contribution >= 4 is 32.8 Å². The van der Waals surface area contributed by atoms with E-state index in [1.807, 2.05) is 32.2 Å². The third-order valence-electron chi connectivity index (χ3n) is 3.03. The monoisotopic (exact) mass is 295 g/mol. The third kappa shape index (κ3) is 2.36. The molecule has 3 nitrogen and oxygen atoms in total. The smallest absolute Gasteiger partial charge is 0.304 e. The number of aryl methyl sites for hydroxylation is 1. The van der Waals surface area contributed by atoms with Gasteiger partial charge in [0.25, 0.3) is 0 Å². The van der Waals surface area contributed by atoms with Crippen LogP contribution in [0.5, 0.6) is 0 Å². The second-order valence-electron chi connectivity index (χ2n) is 4.33. The van der Waals surface area contributed by atoms with Crippen molar-refractivity contribution < 1.29 is 9.90 Å². The number of halogens is 1. The van der Waals surface area contributed by atoms with Crippen LogP contribution in [0.4, 0.5) is 0 Å². The van der Waals surface area contributed by atoms with E-state index < -0.39 is 5.97 Å². The summed E-state index contributed by atoms with van der Waals surface area (Å²) in [5, 5.41) is 9.97. The van der Waals surface area contributed by atoms with Crippen LogP contribution < -0.4 is 0 Å². The predicted octanol–water partition coefficient (Wildman–Crippen LogP) is 3.52. The van der Waals surface area contributed by atoms with Gasteiger partial charge in [0, 0.05) is 34.0 Å². The highest BCUT2D eigenvalue weighted by Crippen LogP contribution is 2.28. The van der Waals surface area contributed by atoms with Gasteiger partial charge >= 0.3 is 5.97 Å². The zero-order valence-electron chi connectivity index (χ0n) is 9.77. The average molecular weight is 296 g/mol. The van der Waals surface area contributed by atoms with Crippen LogP contribution in [0.25, 0.3) is 10.9 Å². The molecule has 0 saturated heterocycles. The summed E-state index contributed by atoms with van der Waals surface area (Å²) >= 11 is 3.44.